The predicted octanol–water partition coefficient (Wildman–Crippen LogP) is 3.76. The zero-order valence-electron chi connectivity index (χ0n) is 31.8. The number of fused-ring (bicyclic) bond motifs is 2. The number of ether oxygens (including phenoxy) is 2. The van der Waals surface area contributed by atoms with Gasteiger partial charge < -0.3 is 25.0 Å². The first-order chi connectivity index (χ1) is 30.8. The molecule has 8 nitrogen and oxygen atoms in total. The number of methoxy groups -OCH3 is 2. The van der Waals surface area contributed by atoms with Gasteiger partial charge in [-0.3, -0.25) is 14.5 Å². The summed E-state index contributed by atoms with van der Waals surface area (Å²) in [6.45, 7) is 4.09. The third-order valence-electron chi connectivity index (χ3n) is 6.08. The SMILES string of the molecule is C.COC(=O)CBr.COC(=O)CN1CCSc2ccc(CO)cc2C1.OCc1ccc2c(c1)CNCCS2.S=S=S=S=S=S=S=S=S=S=S=S=S=S=S=S=S=S=S=S=S=S=S=S=S=S. The van der Waals surface area contributed by atoms with Crippen molar-refractivity contribution in [3.8, 4) is 0 Å². The molecule has 0 saturated heterocycles. The molecule has 0 unspecified atom stereocenters. The quantitative estimate of drug-likeness (QED) is 0.300. The smallest absolute Gasteiger partial charge is 0.319 e. The van der Waals surface area contributed by atoms with Gasteiger partial charge >= 0.3 is 11.9 Å². The molecule has 2 aliphatic rings. The van der Waals surface area contributed by atoms with Crippen LogP contribution in [0.2, 0.25) is 0 Å². The van der Waals surface area contributed by atoms with Crippen LogP contribution < -0.4 is 5.32 Å². The molecule has 0 saturated carbocycles. The van der Waals surface area contributed by atoms with Gasteiger partial charge in [0, 0.05) is 283 Å². The summed E-state index contributed by atoms with van der Waals surface area (Å²) in [5.74, 6) is 1.64. The highest BCUT2D eigenvalue weighted by molar-refractivity contribution is 9.09. The Kier molecular flexibility index (Phi) is 53.9. The van der Waals surface area contributed by atoms with Crippen molar-refractivity contribution < 1.29 is 29.3 Å². The van der Waals surface area contributed by atoms with E-state index in [4.69, 9.17) is 37.3 Å². The van der Waals surface area contributed by atoms with Crippen LogP contribution in [0, 0.1) is 0 Å². The molecular weight excluding hydrogens is 1430 g/mol. The standard InChI is InChI=1S/C13H17NO3S.C10H13NOS.C3H5BrO2.CH4.S26/c1-17-13(16)8-14-4-5-18-12-3-2-10(9-15)6-11(12)7-14;12-7-8-1-2-10-9(5-8)6-11-3-4-13-10;1-6-3(5)2-4;;1-3-5-7-9-11-13-15-17-19-21-23-25-26-24-22-20-18-16-14-12-10-8-6-4-2/h2-3,6,15H,4-5,7-9H2,1H3;1-2,5,11-12H,3-4,6-7H2;2H2,1H3;1H4;. The average molecular weight is 1470 g/mol. The molecule has 3 N–H and O–H groups in total. The normalized spacial score (nSPS) is 11.6. The molecule has 0 aliphatic carbocycles. The Morgan fingerprint density at radius 2 is 1.03 bits per heavy atom. The summed E-state index contributed by atoms with van der Waals surface area (Å²) in [5.41, 5.74) is 4.40. The second-order valence-corrected chi connectivity index (χ2v) is 55.0. The monoisotopic (exact) mass is 1460 g/mol. The summed E-state index contributed by atoms with van der Waals surface area (Å²) in [5, 5.41) is 21.8. The third kappa shape index (κ3) is 38.7. The molecule has 2 heterocycles. The van der Waals surface area contributed by atoms with Crippen molar-refractivity contribution in [2.75, 3.05) is 50.7 Å². The third-order valence-corrected chi connectivity index (χ3v) is 59.9. The largest absolute Gasteiger partial charge is 0.468 e. The van der Waals surface area contributed by atoms with Crippen molar-refractivity contribution in [3.63, 3.8) is 0 Å². The number of aliphatic hydroxyl groups is 2. The fourth-order valence-electron chi connectivity index (χ4n) is 3.75. The van der Waals surface area contributed by atoms with E-state index in [1.54, 1.807) is 136 Å². The first kappa shape index (κ1) is 68.1. The maximum atomic E-state index is 11.3. The van der Waals surface area contributed by atoms with Gasteiger partial charge in [0.25, 0.3) is 0 Å². The van der Waals surface area contributed by atoms with Crippen LogP contribution in [-0.2, 0) is 281 Å². The topological polar surface area (TPSA) is 108 Å². The van der Waals surface area contributed by atoms with Gasteiger partial charge in [0.1, 0.15) is 5.33 Å². The van der Waals surface area contributed by atoms with E-state index in [0.29, 0.717) is 6.54 Å². The number of hydrogen-bond donors (Lipinski definition) is 3. The molecule has 2 aliphatic heterocycles. The molecule has 0 atom stereocenters. The highest BCUT2D eigenvalue weighted by Crippen LogP contribution is 2.28. The minimum Gasteiger partial charge on any atom is -0.468 e. The number of hydrogen-bond acceptors (Lipinski definition) is 12. The molecule has 0 fully saturated rings. The van der Waals surface area contributed by atoms with Crippen LogP contribution in [0.4, 0.5) is 0 Å². The first-order valence-electron chi connectivity index (χ1n) is 15.9. The number of esters is 2. The fraction of sp³-hybridized carbons (Fsp3) is 0.481. The summed E-state index contributed by atoms with van der Waals surface area (Å²) in [4.78, 5) is 25.9. The lowest BCUT2D eigenvalue weighted by Gasteiger charge is -2.18. The second kappa shape index (κ2) is 50.6. The van der Waals surface area contributed by atoms with Gasteiger partial charge in [0.2, 0.25) is 0 Å². The van der Waals surface area contributed by atoms with Crippen molar-refractivity contribution in [2.24, 2.45) is 0 Å². The number of alkyl halides is 1. The molecule has 4 rings (SSSR count). The van der Waals surface area contributed by atoms with Crippen LogP contribution in [-0.4, -0.2) is 77.7 Å². The van der Waals surface area contributed by atoms with E-state index in [2.05, 4.69) is 43.0 Å². The minimum atomic E-state index is -0.241. The Morgan fingerprint density at radius 3 is 1.41 bits per heavy atom. The van der Waals surface area contributed by atoms with E-state index in [1.165, 1.54) is 52.9 Å². The summed E-state index contributed by atoms with van der Waals surface area (Å²) in [6.07, 6.45) is 0. The van der Waals surface area contributed by atoms with E-state index >= 15 is 0 Å². The molecule has 2 aromatic rings. The number of thioether (sulfide) groups is 2. The van der Waals surface area contributed by atoms with Crippen LogP contribution in [0.15, 0.2) is 46.2 Å². The Labute approximate surface area is 470 Å². The summed E-state index contributed by atoms with van der Waals surface area (Å²) >= 11 is 16.1. The molecule has 368 valence electrons. The van der Waals surface area contributed by atoms with Crippen LogP contribution in [0.1, 0.15) is 29.7 Å². The van der Waals surface area contributed by atoms with E-state index in [9.17, 15) is 9.59 Å². The van der Waals surface area contributed by atoms with Gasteiger partial charge in [0.15, 0.2) is 0 Å². The van der Waals surface area contributed by atoms with Gasteiger partial charge in [0.05, 0.1) is 34.0 Å². The van der Waals surface area contributed by atoms with Crippen molar-refractivity contribution in [1.29, 1.82) is 0 Å². The Hall–Kier alpha value is 4.12. The lowest BCUT2D eigenvalue weighted by molar-refractivity contribution is -0.142. The fourth-order valence-corrected chi connectivity index (χ4v) is 66.3. The number of carbonyl (C=O) groups is 2. The van der Waals surface area contributed by atoms with Crippen molar-refractivity contribution in [2.45, 2.75) is 43.5 Å². The number of nitrogens with one attached hydrogen (secondary N) is 1. The number of aliphatic hydroxyl groups excluding tert-OH is 2. The second-order valence-electron chi connectivity index (χ2n) is 9.70. The summed E-state index contributed by atoms with van der Waals surface area (Å²) in [6, 6.07) is 12.2. The average Bonchev–Trinajstić information content (AvgIpc) is 3.68. The van der Waals surface area contributed by atoms with Crippen molar-refractivity contribution >= 4 is 287 Å². The summed E-state index contributed by atoms with van der Waals surface area (Å²) in [7, 11) is 44.5. The highest BCUT2D eigenvalue weighted by Gasteiger charge is 2.17. The van der Waals surface area contributed by atoms with Gasteiger partial charge in [-0.1, -0.05) is 47.6 Å². The lowest BCUT2D eigenvalue weighted by atomic mass is 10.1. The number of rotatable bonds is 5. The Morgan fingerprint density at radius 1 is 0.641 bits per heavy atom. The molecule has 0 bridgehead atoms. The Bertz CT molecular complexity index is 2810. The molecular formula is C27H39BrN2O6S28. The van der Waals surface area contributed by atoms with Crippen LogP contribution in [0.5, 0.6) is 0 Å². The van der Waals surface area contributed by atoms with Crippen molar-refractivity contribution in [3.05, 3.63) is 58.7 Å². The number of benzene rings is 2. The zero-order chi connectivity index (χ0) is 46.0. The summed E-state index contributed by atoms with van der Waals surface area (Å²) < 4.78 is 8.91. The minimum absolute atomic E-state index is 0. The Balaban J connectivity index is 0.000000902. The maximum absolute atomic E-state index is 11.3. The van der Waals surface area contributed by atoms with Crippen molar-refractivity contribution in [1.82, 2.24) is 10.2 Å². The predicted molar refractivity (Wildman–Crippen MR) is 349 cm³/mol. The van der Waals surface area contributed by atoms with Gasteiger partial charge in [-0.15, -0.1) is 23.5 Å². The van der Waals surface area contributed by atoms with Crippen LogP contribution in [0.3, 0.4) is 0 Å². The van der Waals surface area contributed by atoms with Gasteiger partial charge in [-0.25, -0.2) is 0 Å². The van der Waals surface area contributed by atoms with Crippen LogP contribution >= 0.6 is 39.5 Å². The molecule has 0 amide bonds. The van der Waals surface area contributed by atoms with E-state index < -0.39 is 0 Å². The molecule has 0 spiro atoms. The molecule has 64 heavy (non-hydrogen) atoms. The molecule has 2 aromatic carbocycles. The number of halogens is 1. The van der Waals surface area contributed by atoms with Crippen LogP contribution in [0.25, 0.3) is 0 Å². The van der Waals surface area contributed by atoms with E-state index in [0.717, 1.165) is 48.8 Å². The molecule has 0 radical (unpaired) electrons. The first-order valence-corrected chi connectivity index (χ1v) is 52.4. The number of nitrogens with zero attached hydrogens (tertiary/aromatic N) is 1. The lowest BCUT2D eigenvalue weighted by Crippen LogP contribution is -2.31. The van der Waals surface area contributed by atoms with Gasteiger partial charge in [-0.05, 0) is 34.4 Å². The van der Waals surface area contributed by atoms with Gasteiger partial charge in [-0.2, -0.15) is 0 Å². The molecule has 0 aromatic heterocycles. The number of carbonyl (C=O) groups excluding carboxylic acids is 2. The zero-order valence-corrected chi connectivity index (χ0v) is 56.3. The van der Waals surface area contributed by atoms with E-state index in [1.807, 2.05) is 107 Å². The molecule has 37 heteroatoms. The highest BCUT2D eigenvalue weighted by atomic mass is 79.9. The van der Waals surface area contributed by atoms with E-state index in [-0.39, 0.29) is 37.9 Å². The maximum Gasteiger partial charge on any atom is 0.319 e.